The Morgan fingerprint density at radius 2 is 1.89 bits per heavy atom. The van der Waals surface area contributed by atoms with E-state index in [9.17, 15) is 14.4 Å². The molecule has 1 rings (SSSR count). The summed E-state index contributed by atoms with van der Waals surface area (Å²) in [6.07, 6.45) is 3.54. The lowest BCUT2D eigenvalue weighted by Gasteiger charge is -2.24. The monoisotopic (exact) mass is 255 g/mol. The Labute approximate surface area is 107 Å². The summed E-state index contributed by atoms with van der Waals surface area (Å²) in [4.78, 5) is 36.0. The van der Waals surface area contributed by atoms with E-state index < -0.39 is 12.0 Å². The highest BCUT2D eigenvalue weighted by atomic mass is 16.4. The molecule has 0 bridgehead atoms. The summed E-state index contributed by atoms with van der Waals surface area (Å²) in [5.41, 5.74) is 0. The predicted molar refractivity (Wildman–Crippen MR) is 65.8 cm³/mol. The average Bonchev–Trinajstić information content (AvgIpc) is 2.70. The molecule has 1 fully saturated rings. The molecular weight excluding hydrogens is 234 g/mol. The van der Waals surface area contributed by atoms with Gasteiger partial charge in [0.2, 0.25) is 11.8 Å². The van der Waals surface area contributed by atoms with Crippen molar-refractivity contribution in [3.05, 3.63) is 0 Å². The van der Waals surface area contributed by atoms with Crippen molar-refractivity contribution in [1.29, 1.82) is 0 Å². The fraction of sp³-hybridized carbons (Fsp3) is 0.769. The van der Waals surface area contributed by atoms with Crippen molar-refractivity contribution >= 4 is 17.8 Å². The first-order valence-electron chi connectivity index (χ1n) is 6.61. The van der Waals surface area contributed by atoms with E-state index in [-0.39, 0.29) is 30.6 Å². The molecule has 5 nitrogen and oxygen atoms in total. The highest BCUT2D eigenvalue weighted by Crippen LogP contribution is 2.25. The Bertz CT molecular complexity index is 334. The van der Waals surface area contributed by atoms with Crippen LogP contribution in [-0.4, -0.2) is 33.8 Å². The molecule has 1 aliphatic rings. The normalized spacial score (nSPS) is 19.6. The molecule has 102 valence electrons. The number of carboxylic acid groups (broad SMARTS) is 1. The molecule has 0 saturated carbocycles. The summed E-state index contributed by atoms with van der Waals surface area (Å²) in [5.74, 6) is -1.94. The summed E-state index contributed by atoms with van der Waals surface area (Å²) in [6, 6.07) is -0.957. The third-order valence-corrected chi connectivity index (χ3v) is 3.36. The second-order valence-corrected chi connectivity index (χ2v) is 4.77. The summed E-state index contributed by atoms with van der Waals surface area (Å²) in [5, 5.41) is 9.05. The highest BCUT2D eigenvalue weighted by molar-refractivity contribution is 6.02. The van der Waals surface area contributed by atoms with Crippen LogP contribution in [-0.2, 0) is 14.4 Å². The zero-order valence-corrected chi connectivity index (χ0v) is 11.0. The molecule has 1 heterocycles. The number of hydrogen-bond acceptors (Lipinski definition) is 3. The Hall–Kier alpha value is -1.39. The zero-order valence-electron chi connectivity index (χ0n) is 11.0. The van der Waals surface area contributed by atoms with Crippen molar-refractivity contribution < 1.29 is 19.5 Å². The molecule has 5 heteroatoms. The van der Waals surface area contributed by atoms with Gasteiger partial charge in [-0.25, -0.2) is 4.79 Å². The Morgan fingerprint density at radius 3 is 2.33 bits per heavy atom. The van der Waals surface area contributed by atoms with E-state index in [2.05, 4.69) is 0 Å². The van der Waals surface area contributed by atoms with Crippen LogP contribution in [0.3, 0.4) is 0 Å². The van der Waals surface area contributed by atoms with Gasteiger partial charge in [0.05, 0.1) is 0 Å². The topological polar surface area (TPSA) is 74.7 Å². The molecule has 0 aromatic rings. The number of hydrogen-bond donors (Lipinski definition) is 1. The van der Waals surface area contributed by atoms with Crippen LogP contribution in [0.5, 0.6) is 0 Å². The summed E-state index contributed by atoms with van der Waals surface area (Å²) < 4.78 is 0. The first kappa shape index (κ1) is 14.7. The second-order valence-electron chi connectivity index (χ2n) is 4.77. The third-order valence-electron chi connectivity index (χ3n) is 3.36. The van der Waals surface area contributed by atoms with Gasteiger partial charge in [0.1, 0.15) is 6.04 Å². The number of carbonyl (C=O) groups excluding carboxylic acids is 2. The van der Waals surface area contributed by atoms with Gasteiger partial charge < -0.3 is 5.11 Å². The number of amides is 2. The summed E-state index contributed by atoms with van der Waals surface area (Å²) in [6.45, 7) is 3.97. The Balaban J connectivity index is 2.84. The minimum atomic E-state index is -1.08. The summed E-state index contributed by atoms with van der Waals surface area (Å²) in [7, 11) is 0. The highest BCUT2D eigenvalue weighted by Gasteiger charge is 2.41. The molecule has 0 aromatic carbocycles. The van der Waals surface area contributed by atoms with Gasteiger partial charge in [-0.1, -0.05) is 26.7 Å². The fourth-order valence-corrected chi connectivity index (χ4v) is 2.48. The number of aliphatic carboxylic acids is 1. The van der Waals surface area contributed by atoms with Crippen LogP contribution < -0.4 is 0 Å². The lowest BCUT2D eigenvalue weighted by atomic mass is 9.96. The lowest BCUT2D eigenvalue weighted by molar-refractivity contribution is -0.156. The molecule has 1 N–H and O–H groups in total. The minimum Gasteiger partial charge on any atom is -0.480 e. The van der Waals surface area contributed by atoms with Gasteiger partial charge in [-0.15, -0.1) is 0 Å². The maximum absolute atomic E-state index is 12.3. The number of likely N-dealkylation sites (tertiary alicyclic amines) is 1. The van der Waals surface area contributed by atoms with Gasteiger partial charge in [-0.2, -0.15) is 0 Å². The first-order chi connectivity index (χ1) is 8.52. The summed E-state index contributed by atoms with van der Waals surface area (Å²) >= 11 is 0. The number of carbonyl (C=O) groups is 3. The van der Waals surface area contributed by atoms with Crippen LogP contribution in [0.1, 0.15) is 52.4 Å². The Kier molecular flexibility index (Phi) is 5.31. The van der Waals surface area contributed by atoms with E-state index in [0.717, 1.165) is 17.7 Å². The van der Waals surface area contributed by atoms with Crippen molar-refractivity contribution in [2.24, 2.45) is 5.92 Å². The quantitative estimate of drug-likeness (QED) is 0.785. The second kappa shape index (κ2) is 6.52. The molecular formula is C13H21NO4. The number of nitrogens with zero attached hydrogens (tertiary/aromatic N) is 1. The molecule has 0 radical (unpaired) electrons. The first-order valence-corrected chi connectivity index (χ1v) is 6.61. The van der Waals surface area contributed by atoms with E-state index in [1.165, 1.54) is 0 Å². The fourth-order valence-electron chi connectivity index (χ4n) is 2.48. The third kappa shape index (κ3) is 3.09. The van der Waals surface area contributed by atoms with Gasteiger partial charge in [-0.3, -0.25) is 14.5 Å². The van der Waals surface area contributed by atoms with Crippen LogP contribution >= 0.6 is 0 Å². The van der Waals surface area contributed by atoms with E-state index >= 15 is 0 Å². The van der Waals surface area contributed by atoms with Gasteiger partial charge in [0.25, 0.3) is 0 Å². The van der Waals surface area contributed by atoms with Crippen LogP contribution in [0.2, 0.25) is 0 Å². The predicted octanol–water partition coefficient (Wildman–Crippen LogP) is 1.81. The molecule has 0 spiro atoms. The number of carboxylic acids is 1. The smallest absolute Gasteiger partial charge is 0.326 e. The van der Waals surface area contributed by atoms with Crippen LogP contribution in [0.4, 0.5) is 0 Å². The van der Waals surface area contributed by atoms with Crippen molar-refractivity contribution in [2.45, 2.75) is 58.4 Å². The molecule has 1 unspecified atom stereocenters. The van der Waals surface area contributed by atoms with Crippen molar-refractivity contribution in [3.63, 3.8) is 0 Å². The maximum atomic E-state index is 12.3. The zero-order chi connectivity index (χ0) is 13.7. The molecule has 0 aromatic heterocycles. The molecule has 1 saturated heterocycles. The van der Waals surface area contributed by atoms with Crippen molar-refractivity contribution in [1.82, 2.24) is 4.90 Å². The minimum absolute atomic E-state index is 0.160. The number of imide groups is 1. The largest absolute Gasteiger partial charge is 0.480 e. The van der Waals surface area contributed by atoms with Gasteiger partial charge in [0.15, 0.2) is 0 Å². The number of rotatable bonds is 6. The molecule has 2 amide bonds. The standard InChI is InChI=1S/C13H21NO4/c1-3-5-9(6-4-2)12(16)14-10(13(17)18)7-8-11(14)15/h9-10H,3-8H2,1-2H3,(H,17,18). The Morgan fingerprint density at radius 1 is 1.33 bits per heavy atom. The molecule has 1 aliphatic heterocycles. The van der Waals surface area contributed by atoms with Crippen molar-refractivity contribution in [3.8, 4) is 0 Å². The average molecular weight is 255 g/mol. The molecule has 0 aliphatic carbocycles. The van der Waals surface area contributed by atoms with Gasteiger partial charge >= 0.3 is 5.97 Å². The van der Waals surface area contributed by atoms with Gasteiger partial charge in [0, 0.05) is 12.3 Å². The van der Waals surface area contributed by atoms with E-state index in [4.69, 9.17) is 5.11 Å². The van der Waals surface area contributed by atoms with E-state index in [0.29, 0.717) is 12.8 Å². The van der Waals surface area contributed by atoms with Gasteiger partial charge in [-0.05, 0) is 19.3 Å². The SMILES string of the molecule is CCCC(CCC)C(=O)N1C(=O)CCC1C(=O)O. The van der Waals surface area contributed by atoms with Crippen LogP contribution in [0.25, 0.3) is 0 Å². The van der Waals surface area contributed by atoms with Crippen LogP contribution in [0.15, 0.2) is 0 Å². The molecule has 1 atom stereocenters. The van der Waals surface area contributed by atoms with Crippen molar-refractivity contribution in [2.75, 3.05) is 0 Å². The molecule has 18 heavy (non-hydrogen) atoms. The van der Waals surface area contributed by atoms with E-state index in [1.807, 2.05) is 13.8 Å². The lowest BCUT2D eigenvalue weighted by Crippen LogP contribution is -2.45. The van der Waals surface area contributed by atoms with E-state index in [1.54, 1.807) is 0 Å². The van der Waals surface area contributed by atoms with Crippen LogP contribution in [0, 0.1) is 5.92 Å². The maximum Gasteiger partial charge on any atom is 0.326 e.